The van der Waals surface area contributed by atoms with E-state index < -0.39 is 0 Å². The number of para-hydroxylation sites is 1. The molecular weight excluding hydrogens is 434 g/mol. The number of aromatic nitrogens is 1. The van der Waals surface area contributed by atoms with Gasteiger partial charge < -0.3 is 0 Å². The Balaban J connectivity index is 1.38. The molecule has 7 heteroatoms. The number of aryl methyl sites for hydroxylation is 1. The minimum atomic E-state index is -0.186. The highest BCUT2D eigenvalue weighted by Crippen LogP contribution is 2.38. The molecule has 1 saturated heterocycles. The predicted octanol–water partition coefficient (Wildman–Crippen LogP) is 4.70. The number of hydrogen-bond acceptors (Lipinski definition) is 5. The summed E-state index contributed by atoms with van der Waals surface area (Å²) in [7, 11) is 0. The van der Waals surface area contributed by atoms with Crippen LogP contribution in [0, 0.1) is 18.8 Å². The van der Waals surface area contributed by atoms with Gasteiger partial charge in [-0.25, -0.2) is 4.98 Å². The van der Waals surface area contributed by atoms with Gasteiger partial charge in [-0.15, -0.1) is 0 Å². The summed E-state index contributed by atoms with van der Waals surface area (Å²) >= 11 is 1.49. The SMILES string of the molecule is Cc1cccc2sc(N(Cc3ccccc3)C(=O)CCN3C(=O)C4CCCCC4C3=O)nc12. The van der Waals surface area contributed by atoms with Gasteiger partial charge in [0.25, 0.3) is 0 Å². The smallest absolute Gasteiger partial charge is 0.233 e. The quantitative estimate of drug-likeness (QED) is 0.499. The number of amides is 3. The molecule has 2 heterocycles. The molecule has 1 saturated carbocycles. The largest absolute Gasteiger partial charge is 0.284 e. The van der Waals surface area contributed by atoms with Gasteiger partial charge in [-0.05, 0) is 37.0 Å². The number of imide groups is 1. The first kappa shape index (κ1) is 21.8. The highest BCUT2D eigenvalue weighted by molar-refractivity contribution is 7.22. The summed E-state index contributed by atoms with van der Waals surface area (Å²) in [6, 6.07) is 15.8. The van der Waals surface area contributed by atoms with E-state index in [9.17, 15) is 14.4 Å². The Morgan fingerprint density at radius 2 is 1.73 bits per heavy atom. The Kier molecular flexibility index (Phi) is 5.98. The van der Waals surface area contributed by atoms with E-state index in [2.05, 4.69) is 0 Å². The molecule has 170 valence electrons. The lowest BCUT2D eigenvalue weighted by molar-refractivity contribution is -0.140. The molecule has 2 aromatic carbocycles. The van der Waals surface area contributed by atoms with Gasteiger partial charge in [0.1, 0.15) is 0 Å². The summed E-state index contributed by atoms with van der Waals surface area (Å²) in [6.45, 7) is 2.55. The molecule has 0 spiro atoms. The van der Waals surface area contributed by atoms with Gasteiger partial charge in [-0.2, -0.15) is 0 Å². The fourth-order valence-electron chi connectivity index (χ4n) is 5.01. The zero-order chi connectivity index (χ0) is 22.9. The molecule has 1 aromatic heterocycles. The molecule has 3 aromatic rings. The number of hydrogen-bond donors (Lipinski definition) is 0. The van der Waals surface area contributed by atoms with E-state index in [1.54, 1.807) is 4.90 Å². The molecular formula is C26H27N3O3S. The molecule has 2 unspecified atom stereocenters. The number of carbonyl (C=O) groups is 3. The molecule has 2 aliphatic rings. The summed E-state index contributed by atoms with van der Waals surface area (Å²) in [5, 5.41) is 0.640. The number of nitrogens with zero attached hydrogens (tertiary/aromatic N) is 3. The van der Waals surface area contributed by atoms with Gasteiger partial charge in [0.2, 0.25) is 17.7 Å². The number of likely N-dealkylation sites (tertiary alicyclic amines) is 1. The van der Waals surface area contributed by atoms with E-state index in [-0.39, 0.29) is 42.5 Å². The van der Waals surface area contributed by atoms with E-state index in [0.29, 0.717) is 11.7 Å². The summed E-state index contributed by atoms with van der Waals surface area (Å²) in [5.41, 5.74) is 2.97. The van der Waals surface area contributed by atoms with Crippen molar-refractivity contribution in [2.24, 2.45) is 11.8 Å². The Morgan fingerprint density at radius 3 is 2.39 bits per heavy atom. The van der Waals surface area contributed by atoms with Crippen molar-refractivity contribution in [3.8, 4) is 0 Å². The number of benzene rings is 2. The Hall–Kier alpha value is -3.06. The first-order chi connectivity index (χ1) is 16.0. The Morgan fingerprint density at radius 1 is 1.03 bits per heavy atom. The zero-order valence-corrected chi connectivity index (χ0v) is 19.5. The van der Waals surface area contributed by atoms with Crippen LogP contribution < -0.4 is 4.90 Å². The molecule has 33 heavy (non-hydrogen) atoms. The van der Waals surface area contributed by atoms with E-state index in [1.165, 1.54) is 16.2 Å². The number of rotatable bonds is 6. The van der Waals surface area contributed by atoms with Gasteiger partial charge in [0.15, 0.2) is 5.13 Å². The van der Waals surface area contributed by atoms with Crippen molar-refractivity contribution in [2.75, 3.05) is 11.4 Å². The van der Waals surface area contributed by atoms with Crippen LogP contribution in [0.5, 0.6) is 0 Å². The highest BCUT2D eigenvalue weighted by Gasteiger charge is 2.47. The minimum Gasteiger partial charge on any atom is -0.284 e. The minimum absolute atomic E-state index is 0.0947. The van der Waals surface area contributed by atoms with Gasteiger partial charge in [-0.1, -0.05) is 66.6 Å². The number of anilines is 1. The zero-order valence-electron chi connectivity index (χ0n) is 18.7. The van der Waals surface area contributed by atoms with Crippen molar-refractivity contribution in [1.29, 1.82) is 0 Å². The van der Waals surface area contributed by atoms with Crippen LogP contribution in [0.15, 0.2) is 48.5 Å². The number of thiazole rings is 1. The van der Waals surface area contributed by atoms with Crippen molar-refractivity contribution >= 4 is 44.4 Å². The average Bonchev–Trinajstić information content (AvgIpc) is 3.37. The van der Waals surface area contributed by atoms with Crippen LogP contribution in [-0.2, 0) is 20.9 Å². The maximum atomic E-state index is 13.4. The molecule has 0 radical (unpaired) electrons. The highest BCUT2D eigenvalue weighted by atomic mass is 32.1. The second kappa shape index (κ2) is 9.06. The molecule has 1 aliphatic heterocycles. The third kappa shape index (κ3) is 4.17. The van der Waals surface area contributed by atoms with E-state index >= 15 is 0 Å². The van der Waals surface area contributed by atoms with Gasteiger partial charge in [-0.3, -0.25) is 24.2 Å². The second-order valence-electron chi connectivity index (χ2n) is 8.96. The van der Waals surface area contributed by atoms with Crippen LogP contribution in [-0.4, -0.2) is 34.2 Å². The summed E-state index contributed by atoms with van der Waals surface area (Å²) in [4.78, 5) is 46.9. The molecule has 0 bridgehead atoms. The summed E-state index contributed by atoms with van der Waals surface area (Å²) < 4.78 is 1.03. The Bertz CT molecular complexity index is 1180. The van der Waals surface area contributed by atoms with Crippen LogP contribution in [0.4, 0.5) is 5.13 Å². The van der Waals surface area contributed by atoms with Crippen molar-refractivity contribution in [3.63, 3.8) is 0 Å². The third-order valence-corrected chi connectivity index (χ3v) is 7.85. The van der Waals surface area contributed by atoms with Crippen LogP contribution in [0.1, 0.15) is 43.2 Å². The van der Waals surface area contributed by atoms with Crippen LogP contribution in [0.2, 0.25) is 0 Å². The lowest BCUT2D eigenvalue weighted by atomic mass is 9.81. The average molecular weight is 462 g/mol. The van der Waals surface area contributed by atoms with Crippen molar-refractivity contribution in [1.82, 2.24) is 9.88 Å². The van der Waals surface area contributed by atoms with Crippen LogP contribution >= 0.6 is 11.3 Å². The second-order valence-corrected chi connectivity index (χ2v) is 9.97. The molecule has 0 N–H and O–H groups in total. The monoisotopic (exact) mass is 461 g/mol. The van der Waals surface area contributed by atoms with Gasteiger partial charge in [0, 0.05) is 13.0 Å². The molecule has 5 rings (SSSR count). The molecule has 6 nitrogen and oxygen atoms in total. The van der Waals surface area contributed by atoms with E-state index in [1.807, 2.05) is 55.5 Å². The van der Waals surface area contributed by atoms with Crippen molar-refractivity contribution in [3.05, 3.63) is 59.7 Å². The molecule has 2 atom stereocenters. The topological polar surface area (TPSA) is 70.6 Å². The molecule has 2 fully saturated rings. The maximum absolute atomic E-state index is 13.4. The van der Waals surface area contributed by atoms with Gasteiger partial charge in [0.05, 0.1) is 28.6 Å². The van der Waals surface area contributed by atoms with Crippen LogP contribution in [0.25, 0.3) is 10.2 Å². The van der Waals surface area contributed by atoms with Gasteiger partial charge >= 0.3 is 0 Å². The fourth-order valence-corrected chi connectivity index (χ4v) is 6.07. The number of fused-ring (bicyclic) bond motifs is 2. The summed E-state index contributed by atoms with van der Waals surface area (Å²) in [5.74, 6) is -0.695. The van der Waals surface area contributed by atoms with Crippen molar-refractivity contribution in [2.45, 2.75) is 45.6 Å². The van der Waals surface area contributed by atoms with E-state index in [0.717, 1.165) is 47.0 Å². The predicted molar refractivity (Wildman–Crippen MR) is 129 cm³/mol. The number of carbonyl (C=O) groups excluding carboxylic acids is 3. The summed E-state index contributed by atoms with van der Waals surface area (Å²) in [6.07, 6.45) is 3.65. The fraction of sp³-hybridized carbons (Fsp3) is 0.385. The molecule has 3 amide bonds. The van der Waals surface area contributed by atoms with Crippen molar-refractivity contribution < 1.29 is 14.4 Å². The van der Waals surface area contributed by atoms with Crippen LogP contribution in [0.3, 0.4) is 0 Å². The Labute approximate surface area is 197 Å². The lowest BCUT2D eigenvalue weighted by Gasteiger charge is -2.22. The first-order valence-electron chi connectivity index (χ1n) is 11.6. The lowest BCUT2D eigenvalue weighted by Crippen LogP contribution is -2.37. The first-order valence-corrected chi connectivity index (χ1v) is 12.4. The van der Waals surface area contributed by atoms with E-state index in [4.69, 9.17) is 4.98 Å². The normalized spacial score (nSPS) is 20.3. The molecule has 1 aliphatic carbocycles. The maximum Gasteiger partial charge on any atom is 0.233 e. The standard InChI is InChI=1S/C26H27N3O3S/c1-17-8-7-13-21-23(17)27-26(33-21)29(16-18-9-3-2-4-10-18)22(30)14-15-28-24(31)19-11-5-6-12-20(19)25(28)32/h2-4,7-10,13,19-20H,5-6,11-12,14-16H2,1H3. The third-order valence-electron chi connectivity index (χ3n) is 6.81.